The van der Waals surface area contributed by atoms with E-state index in [1.807, 2.05) is 44.2 Å². The van der Waals surface area contributed by atoms with Crippen molar-refractivity contribution in [3.05, 3.63) is 439 Å². The van der Waals surface area contributed by atoms with Crippen LogP contribution in [0.25, 0.3) is 132 Å². The number of ketones is 2. The number of Topliss-reactive ketones (excluding diaryl/α,β-unsaturated/α-hetero) is 2. The van der Waals surface area contributed by atoms with Crippen molar-refractivity contribution in [3.8, 4) is 55.6 Å². The van der Waals surface area contributed by atoms with Crippen molar-refractivity contribution in [2.24, 2.45) is 0 Å². The molecule has 0 spiro atoms. The van der Waals surface area contributed by atoms with E-state index >= 15 is 0 Å². The Labute approximate surface area is 832 Å². The molecule has 0 aliphatic rings. The molecule has 145 heavy (non-hydrogen) atoms. The molecule has 35 heteroatoms. The average Bonchev–Trinajstić information content (AvgIpc) is 0.775. The summed E-state index contributed by atoms with van der Waals surface area (Å²) in [6, 6.07) is 62.4. The molecule has 742 valence electrons. The van der Waals surface area contributed by atoms with E-state index in [0.717, 1.165) is 35.6 Å². The number of aliphatic hydroxyl groups is 4. The molecule has 0 aliphatic carbocycles. The topological polar surface area (TPSA) is 370 Å². The molecule has 19 rings (SSSR count). The predicted octanol–water partition coefficient (Wildman–Crippen LogP) is 24.9. The van der Waals surface area contributed by atoms with Crippen LogP contribution < -0.4 is 38.0 Å². The first-order valence-electron chi connectivity index (χ1n) is 43.7. The number of benzene rings is 12. The van der Waals surface area contributed by atoms with Crippen molar-refractivity contribution in [2.45, 2.75) is 92.8 Å². The van der Waals surface area contributed by atoms with Gasteiger partial charge in [-0.15, -0.1) is 0 Å². The van der Waals surface area contributed by atoms with E-state index in [-0.39, 0.29) is 171 Å². The second-order valence-corrected chi connectivity index (χ2v) is 35.7. The van der Waals surface area contributed by atoms with Crippen LogP contribution in [-0.2, 0) is 14.3 Å². The van der Waals surface area contributed by atoms with Gasteiger partial charge in [0.2, 0.25) is 38.0 Å². The third-order valence-corrected chi connectivity index (χ3v) is 24.2. The summed E-state index contributed by atoms with van der Waals surface area (Å²) in [7, 11) is -3.86. The molecular formula is C110H81Br2F9O23S. The molecule has 12 aromatic carbocycles. The molecule has 0 saturated carbocycles. The Morgan fingerprint density at radius 1 is 0.297 bits per heavy atom. The summed E-state index contributed by atoms with van der Waals surface area (Å²) in [5.41, 5.74) is 0.255. The number of fused-ring (bicyclic) bond motifs is 7. The van der Waals surface area contributed by atoms with Crippen LogP contribution in [0.4, 0.5) is 39.5 Å². The highest BCUT2D eigenvalue weighted by Gasteiger charge is 2.31. The standard InChI is InChI=1S/C18H14F2O5S.C18H15FO3.C18H13FO3.C17H12F2O3.C17H13FO3.C11H8BrFO3.C11H6BrFO3/c1-10(25-26(2,22)23)18-15(11-5-3-6-12(19)9-11)17(21)16-13(20)7-4-8-14(16)24-18;2*1-10-6-3-4-7-12(10)15-17(21)16-13(19)8-5-9-14(16)22-18(15)11(2)20;1-9(20)17-14(10-5-2-3-6-11(10)18)16(21)15-12(19)7-4-8-13(15)22-17;1-10(19)17-14(11-6-3-2-4-7-11)16(20)15-12(18)8-5-9-13(15)21-17;2*1-5(14)11-9(12)10(15)8-6(13)3-2-4-7(8)16-11/h3-10H,1-2H3;3-9,11,20H,1-2H3;3-9H,1-2H3;2-9,20H,1H3;2-10,19H,1H3;2-5,14H,1H3;2-4H,1H3. The lowest BCUT2D eigenvalue weighted by Gasteiger charge is -2.15. The van der Waals surface area contributed by atoms with Gasteiger partial charge in [-0.25, -0.2) is 39.5 Å². The molecule has 5 unspecified atom stereocenters. The van der Waals surface area contributed by atoms with Gasteiger partial charge in [0.25, 0.3) is 10.1 Å². The van der Waals surface area contributed by atoms with Gasteiger partial charge in [0.1, 0.15) is 192 Å². The van der Waals surface area contributed by atoms with Gasteiger partial charge < -0.3 is 51.3 Å². The van der Waals surface area contributed by atoms with Crippen molar-refractivity contribution in [2.75, 3.05) is 6.26 Å². The first-order chi connectivity index (χ1) is 68.8. The molecule has 0 amide bonds. The van der Waals surface area contributed by atoms with Crippen molar-refractivity contribution in [3.63, 3.8) is 0 Å². The fraction of sp³-hybridized carbons (Fsp3) is 0.136. The number of rotatable bonds is 14. The van der Waals surface area contributed by atoms with E-state index in [1.54, 1.807) is 54.6 Å². The van der Waals surface area contributed by atoms with Gasteiger partial charge in [-0.2, -0.15) is 8.42 Å². The number of hydrogen-bond donors (Lipinski definition) is 4. The fourth-order valence-corrected chi connectivity index (χ4v) is 17.4. The maximum absolute atomic E-state index is 14.2. The number of hydrogen-bond acceptors (Lipinski definition) is 23. The normalized spacial score (nSPS) is 12.2. The minimum Gasteiger partial charge on any atom is -0.457 e. The van der Waals surface area contributed by atoms with Crippen LogP contribution in [0.15, 0.2) is 328 Å². The number of carbonyl (C=O) groups excluding carboxylic acids is 2. The van der Waals surface area contributed by atoms with E-state index in [4.69, 9.17) is 35.1 Å². The lowest BCUT2D eigenvalue weighted by molar-refractivity contribution is 0.0980. The van der Waals surface area contributed by atoms with Gasteiger partial charge in [-0.3, -0.25) is 47.3 Å². The van der Waals surface area contributed by atoms with Gasteiger partial charge in [0.05, 0.1) is 34.1 Å². The second kappa shape index (κ2) is 45.4. The quantitative estimate of drug-likeness (QED) is 0.0446. The summed E-state index contributed by atoms with van der Waals surface area (Å²) in [4.78, 5) is 111. The Morgan fingerprint density at radius 3 is 0.924 bits per heavy atom. The summed E-state index contributed by atoms with van der Waals surface area (Å²) in [6.07, 6.45) is -4.35. The van der Waals surface area contributed by atoms with Crippen LogP contribution in [0.3, 0.4) is 0 Å². The molecule has 19 aromatic rings. The zero-order chi connectivity index (χ0) is 105. The monoisotopic (exact) mass is 2130 g/mol. The van der Waals surface area contributed by atoms with Crippen molar-refractivity contribution < 1.29 is 113 Å². The number of aryl methyl sites for hydroxylation is 2. The minimum atomic E-state index is -3.86. The first-order valence-corrected chi connectivity index (χ1v) is 47.1. The van der Waals surface area contributed by atoms with Crippen molar-refractivity contribution >= 4 is 130 Å². The van der Waals surface area contributed by atoms with Crippen molar-refractivity contribution in [1.82, 2.24) is 0 Å². The predicted molar refractivity (Wildman–Crippen MR) is 536 cm³/mol. The maximum atomic E-state index is 14.2. The Bertz CT molecular complexity index is 8730. The fourth-order valence-electron chi connectivity index (χ4n) is 15.6. The highest BCUT2D eigenvalue weighted by Crippen LogP contribution is 2.39. The lowest BCUT2D eigenvalue weighted by Crippen LogP contribution is -2.15. The van der Waals surface area contributed by atoms with Crippen LogP contribution in [0.5, 0.6) is 0 Å². The van der Waals surface area contributed by atoms with Crippen molar-refractivity contribution in [1.29, 1.82) is 0 Å². The average molecular weight is 2130 g/mol. The summed E-state index contributed by atoms with van der Waals surface area (Å²) < 4.78 is 191. The van der Waals surface area contributed by atoms with Gasteiger partial charge in [-0.05, 0) is 217 Å². The number of halogens is 11. The molecule has 0 aliphatic heterocycles. The number of carbonyl (C=O) groups is 2. The van der Waals surface area contributed by atoms with Gasteiger partial charge in [-0.1, -0.05) is 152 Å². The summed E-state index contributed by atoms with van der Waals surface area (Å²) >= 11 is 5.95. The van der Waals surface area contributed by atoms with Gasteiger partial charge in [0.15, 0.2) is 28.8 Å². The van der Waals surface area contributed by atoms with E-state index in [1.165, 1.54) is 200 Å². The highest BCUT2D eigenvalue weighted by molar-refractivity contribution is 9.10. The maximum Gasteiger partial charge on any atom is 0.265 e. The molecule has 5 atom stereocenters. The largest absolute Gasteiger partial charge is 0.457 e. The van der Waals surface area contributed by atoms with Crippen LogP contribution in [0.1, 0.15) is 140 Å². The van der Waals surface area contributed by atoms with E-state index in [2.05, 4.69) is 31.9 Å². The number of aliphatic hydroxyl groups excluding tert-OH is 4. The summed E-state index contributed by atoms with van der Waals surface area (Å²) in [6.45, 7) is 13.5. The molecule has 7 aromatic heterocycles. The Kier molecular flexibility index (Phi) is 33.5. The van der Waals surface area contributed by atoms with Crippen LogP contribution >= 0.6 is 31.9 Å². The molecule has 0 radical (unpaired) electrons. The first kappa shape index (κ1) is 107. The van der Waals surface area contributed by atoms with E-state index < -0.39 is 137 Å². The SMILES string of the molecule is CC(=O)c1oc2cccc(F)c2c(=O)c1-c1ccccc1C.CC(=O)c1oc2cccc(F)c2c(=O)c1Br.CC(O)c1oc2cccc(F)c2c(=O)c1-c1ccccc1.CC(O)c1oc2cccc(F)c2c(=O)c1-c1ccccc1F.CC(O)c1oc2cccc(F)c2c(=O)c1Br.CC(OS(C)(=O)=O)c1oc2cccc(F)c2c(=O)c1-c1cccc(F)c1.Cc1ccccc1-c1c(C(C)O)oc2cccc(F)c2c1=O. The molecule has 0 fully saturated rings. The molecule has 4 N–H and O–H groups in total. The smallest absolute Gasteiger partial charge is 0.265 e. The van der Waals surface area contributed by atoms with Gasteiger partial charge >= 0.3 is 0 Å². The molecule has 0 bridgehead atoms. The van der Waals surface area contributed by atoms with E-state index in [0.29, 0.717) is 16.7 Å². The Morgan fingerprint density at radius 2 is 0.566 bits per heavy atom. The summed E-state index contributed by atoms with van der Waals surface area (Å²) in [5, 5.41) is 38.0. The van der Waals surface area contributed by atoms with Crippen LogP contribution in [0, 0.1) is 66.2 Å². The van der Waals surface area contributed by atoms with E-state index in [9.17, 15) is 112 Å². The Balaban J connectivity index is 0.000000142. The molecule has 0 saturated heterocycles. The third kappa shape index (κ3) is 23.1. The van der Waals surface area contributed by atoms with Crippen LogP contribution in [0.2, 0.25) is 0 Å². The zero-order valence-corrected chi connectivity index (χ0v) is 81.7. The zero-order valence-electron chi connectivity index (χ0n) is 77.7. The summed E-state index contributed by atoms with van der Waals surface area (Å²) in [5.74, 6) is -6.75. The minimum absolute atomic E-state index is 0.0148. The van der Waals surface area contributed by atoms with Crippen LogP contribution in [-0.4, -0.2) is 46.7 Å². The highest BCUT2D eigenvalue weighted by atomic mass is 79.9. The van der Waals surface area contributed by atoms with Gasteiger partial charge in [0, 0.05) is 19.4 Å². The molecule has 7 heterocycles. The molecule has 23 nitrogen and oxygen atoms in total. The second-order valence-electron chi connectivity index (χ2n) is 32.5. The lowest BCUT2D eigenvalue weighted by atomic mass is 9.96. The third-order valence-electron chi connectivity index (χ3n) is 22.1. The molecular weight excluding hydrogens is 2050 g/mol. The Hall–Kier alpha value is -15.5.